The number of fused-ring (bicyclic) bond motifs is 1. The molecule has 1 fully saturated rings. The van der Waals surface area contributed by atoms with Gasteiger partial charge in [-0.05, 0) is 12.1 Å². The quantitative estimate of drug-likeness (QED) is 0.740. The summed E-state index contributed by atoms with van der Waals surface area (Å²) >= 11 is 0. The van der Waals surface area contributed by atoms with Crippen LogP contribution in [0.15, 0.2) is 24.3 Å². The Labute approximate surface area is 137 Å². The molecule has 24 heavy (non-hydrogen) atoms. The Morgan fingerprint density at radius 3 is 2.17 bits per heavy atom. The van der Waals surface area contributed by atoms with Gasteiger partial charge in [0.15, 0.2) is 0 Å². The van der Waals surface area contributed by atoms with Crippen molar-refractivity contribution in [3.8, 4) is 0 Å². The first kappa shape index (κ1) is 16.1. The van der Waals surface area contributed by atoms with E-state index in [2.05, 4.69) is 0 Å². The van der Waals surface area contributed by atoms with Gasteiger partial charge in [0.05, 0.1) is 30.8 Å². The Hall–Kier alpha value is -2.74. The molecule has 0 atom stereocenters. The molecule has 0 bridgehead atoms. The number of imide groups is 1. The highest BCUT2D eigenvalue weighted by Crippen LogP contribution is 2.22. The number of carbonyl (C=O) groups excluding carboxylic acids is 4. The summed E-state index contributed by atoms with van der Waals surface area (Å²) in [6.45, 7) is 1.94. The molecule has 0 unspecified atom stereocenters. The SMILES string of the molecule is O=C(CCC(=O)N1CCOCC1)ON1C(=O)c2ccccc2C1=O. The number of benzene rings is 1. The monoisotopic (exact) mass is 332 g/mol. The zero-order chi connectivity index (χ0) is 17.1. The predicted octanol–water partition coefficient (Wildman–Crippen LogP) is 0.380. The predicted molar refractivity (Wildman–Crippen MR) is 79.7 cm³/mol. The second-order valence-corrected chi connectivity index (χ2v) is 5.41. The van der Waals surface area contributed by atoms with Crippen molar-refractivity contribution in [2.75, 3.05) is 26.3 Å². The fourth-order valence-electron chi connectivity index (χ4n) is 2.58. The minimum atomic E-state index is -0.800. The highest BCUT2D eigenvalue weighted by molar-refractivity contribution is 6.20. The van der Waals surface area contributed by atoms with Gasteiger partial charge in [-0.25, -0.2) is 4.79 Å². The van der Waals surface area contributed by atoms with E-state index in [0.29, 0.717) is 31.4 Å². The minimum absolute atomic E-state index is 0.0397. The van der Waals surface area contributed by atoms with Crippen LogP contribution in [0.25, 0.3) is 0 Å². The zero-order valence-corrected chi connectivity index (χ0v) is 12.9. The number of hydrogen-bond donors (Lipinski definition) is 0. The van der Waals surface area contributed by atoms with E-state index in [0.717, 1.165) is 0 Å². The molecule has 3 amide bonds. The maximum Gasteiger partial charge on any atom is 0.333 e. The van der Waals surface area contributed by atoms with Gasteiger partial charge in [-0.1, -0.05) is 17.2 Å². The number of ether oxygens (including phenoxy) is 1. The Bertz CT molecular complexity index is 661. The van der Waals surface area contributed by atoms with E-state index in [4.69, 9.17) is 9.57 Å². The lowest BCUT2D eigenvalue weighted by Gasteiger charge is -2.26. The van der Waals surface area contributed by atoms with Crippen LogP contribution in [0.5, 0.6) is 0 Å². The van der Waals surface area contributed by atoms with Crippen LogP contribution in [0.3, 0.4) is 0 Å². The van der Waals surface area contributed by atoms with E-state index in [1.165, 1.54) is 12.1 Å². The van der Waals surface area contributed by atoms with Crippen molar-refractivity contribution in [2.45, 2.75) is 12.8 Å². The lowest BCUT2D eigenvalue weighted by atomic mass is 10.1. The number of nitrogens with zero attached hydrogens (tertiary/aromatic N) is 2. The molecule has 2 heterocycles. The fourth-order valence-corrected chi connectivity index (χ4v) is 2.58. The van der Waals surface area contributed by atoms with Gasteiger partial charge in [0.25, 0.3) is 11.8 Å². The van der Waals surface area contributed by atoms with Crippen molar-refractivity contribution >= 4 is 23.7 Å². The number of carbonyl (C=O) groups is 4. The highest BCUT2D eigenvalue weighted by Gasteiger charge is 2.38. The van der Waals surface area contributed by atoms with E-state index in [1.54, 1.807) is 17.0 Å². The van der Waals surface area contributed by atoms with Crippen LogP contribution >= 0.6 is 0 Å². The second-order valence-electron chi connectivity index (χ2n) is 5.41. The first-order valence-electron chi connectivity index (χ1n) is 7.62. The molecule has 3 rings (SSSR count). The molecule has 0 aliphatic carbocycles. The number of hydrogen-bond acceptors (Lipinski definition) is 6. The molecule has 0 aromatic heterocycles. The minimum Gasteiger partial charge on any atom is -0.378 e. The van der Waals surface area contributed by atoms with Gasteiger partial charge in [0.1, 0.15) is 0 Å². The van der Waals surface area contributed by atoms with Crippen molar-refractivity contribution in [3.63, 3.8) is 0 Å². The van der Waals surface area contributed by atoms with E-state index >= 15 is 0 Å². The van der Waals surface area contributed by atoms with Crippen LogP contribution < -0.4 is 0 Å². The first-order valence-corrected chi connectivity index (χ1v) is 7.62. The zero-order valence-electron chi connectivity index (χ0n) is 12.9. The van der Waals surface area contributed by atoms with Gasteiger partial charge in [-0.3, -0.25) is 14.4 Å². The third-order valence-electron chi connectivity index (χ3n) is 3.86. The standard InChI is InChI=1S/C16H16N2O6/c19-13(17-7-9-23-10-8-17)5-6-14(20)24-18-15(21)11-3-1-2-4-12(11)16(18)22/h1-4H,5-10H2. The second kappa shape index (κ2) is 6.79. The van der Waals surface area contributed by atoms with Crippen molar-refractivity contribution in [1.82, 2.24) is 9.96 Å². The maximum absolute atomic E-state index is 12.1. The molecular formula is C16H16N2O6. The molecule has 0 saturated carbocycles. The molecule has 2 aliphatic heterocycles. The van der Waals surface area contributed by atoms with Gasteiger partial charge in [0.2, 0.25) is 5.91 Å². The smallest absolute Gasteiger partial charge is 0.333 e. The van der Waals surface area contributed by atoms with Gasteiger partial charge in [-0.2, -0.15) is 0 Å². The lowest BCUT2D eigenvalue weighted by molar-refractivity contribution is -0.169. The Morgan fingerprint density at radius 2 is 1.58 bits per heavy atom. The molecule has 1 saturated heterocycles. The van der Waals surface area contributed by atoms with Crippen LogP contribution in [0.4, 0.5) is 0 Å². The number of amides is 3. The maximum atomic E-state index is 12.1. The van der Waals surface area contributed by atoms with Gasteiger partial charge >= 0.3 is 5.97 Å². The number of morpholine rings is 1. The molecule has 1 aromatic carbocycles. The fraction of sp³-hybridized carbons (Fsp3) is 0.375. The first-order chi connectivity index (χ1) is 11.6. The lowest BCUT2D eigenvalue weighted by Crippen LogP contribution is -2.41. The van der Waals surface area contributed by atoms with Gasteiger partial charge in [0, 0.05) is 19.5 Å². The molecule has 126 valence electrons. The summed E-state index contributed by atoms with van der Waals surface area (Å²) in [7, 11) is 0. The highest BCUT2D eigenvalue weighted by atomic mass is 16.7. The van der Waals surface area contributed by atoms with Crippen LogP contribution in [-0.4, -0.2) is 60.0 Å². The summed E-state index contributed by atoms with van der Waals surface area (Å²) in [5.41, 5.74) is 0.388. The summed E-state index contributed by atoms with van der Waals surface area (Å²) in [6, 6.07) is 6.23. The van der Waals surface area contributed by atoms with Crippen molar-refractivity contribution < 1.29 is 28.8 Å². The van der Waals surface area contributed by atoms with E-state index in [1.807, 2.05) is 0 Å². The molecule has 8 heteroatoms. The summed E-state index contributed by atoms with van der Waals surface area (Å²) < 4.78 is 5.15. The van der Waals surface area contributed by atoms with Crippen molar-refractivity contribution in [3.05, 3.63) is 35.4 Å². The van der Waals surface area contributed by atoms with E-state index in [-0.39, 0.29) is 29.9 Å². The third kappa shape index (κ3) is 3.13. The van der Waals surface area contributed by atoms with Gasteiger partial charge < -0.3 is 14.5 Å². The van der Waals surface area contributed by atoms with Crippen molar-refractivity contribution in [1.29, 1.82) is 0 Å². The number of hydroxylamine groups is 2. The summed E-state index contributed by atoms with van der Waals surface area (Å²) in [5.74, 6) is -2.34. The van der Waals surface area contributed by atoms with Gasteiger partial charge in [-0.15, -0.1) is 0 Å². The normalized spacial score (nSPS) is 17.0. The number of rotatable bonds is 4. The largest absolute Gasteiger partial charge is 0.378 e. The van der Waals surface area contributed by atoms with E-state index in [9.17, 15) is 19.2 Å². The van der Waals surface area contributed by atoms with Crippen LogP contribution in [0.2, 0.25) is 0 Å². The van der Waals surface area contributed by atoms with Crippen LogP contribution in [0, 0.1) is 0 Å². The molecule has 8 nitrogen and oxygen atoms in total. The topological polar surface area (TPSA) is 93.2 Å². The molecule has 0 radical (unpaired) electrons. The Morgan fingerprint density at radius 1 is 1.00 bits per heavy atom. The van der Waals surface area contributed by atoms with Crippen LogP contribution in [-0.2, 0) is 19.2 Å². The Balaban J connectivity index is 1.53. The average molecular weight is 332 g/mol. The molecule has 1 aromatic rings. The molecular weight excluding hydrogens is 316 g/mol. The average Bonchev–Trinajstić information content (AvgIpc) is 2.86. The molecule has 2 aliphatic rings. The Kier molecular flexibility index (Phi) is 4.57. The summed E-state index contributed by atoms with van der Waals surface area (Å²) in [6.07, 6.45) is -0.244. The summed E-state index contributed by atoms with van der Waals surface area (Å²) in [4.78, 5) is 54.4. The summed E-state index contributed by atoms with van der Waals surface area (Å²) in [5, 5.41) is 0.451. The van der Waals surface area contributed by atoms with Crippen LogP contribution in [0.1, 0.15) is 33.6 Å². The van der Waals surface area contributed by atoms with Crippen molar-refractivity contribution in [2.24, 2.45) is 0 Å². The van der Waals surface area contributed by atoms with E-state index < -0.39 is 17.8 Å². The molecule has 0 spiro atoms. The molecule has 0 N–H and O–H groups in total. The third-order valence-corrected chi connectivity index (χ3v) is 3.86.